The Labute approximate surface area is 420 Å². The van der Waals surface area contributed by atoms with E-state index in [0.29, 0.717) is 11.4 Å². The third-order valence-electron chi connectivity index (χ3n) is 10.2. The predicted octanol–water partition coefficient (Wildman–Crippen LogP) is 6.09. The maximum absolute atomic E-state index is 11.7. The summed E-state index contributed by atoms with van der Waals surface area (Å²) in [4.78, 5) is 16.4. The fourth-order valence-corrected chi connectivity index (χ4v) is 11.6. The molecule has 0 aliphatic heterocycles. The molecule has 0 bridgehead atoms. The number of nitrogens with zero attached hydrogens (tertiary/aromatic N) is 1. The quantitative estimate of drug-likeness (QED) is 0.0757. The largest absolute Gasteiger partial charge is 2.00 e. The number of nitrogens with one attached hydrogen (secondary N) is 1. The smallest absolute Gasteiger partial charge is 1.00 e. The number of para-hydroxylation sites is 2. The number of benzene rings is 9. The molecule has 9 aromatic rings. The van der Waals surface area contributed by atoms with Gasteiger partial charge in [0.05, 0.1) is 11.3 Å². The van der Waals surface area contributed by atoms with Crippen LogP contribution in [0.1, 0.15) is 27.0 Å². The second-order valence-electron chi connectivity index (χ2n) is 14.7. The van der Waals surface area contributed by atoms with Crippen LogP contribution in [0.25, 0.3) is 0 Å². The molecule has 0 unspecified atom stereocenters. The Kier molecular flexibility index (Phi) is 22.4. The fourth-order valence-electron chi connectivity index (χ4n) is 7.04. The van der Waals surface area contributed by atoms with Crippen molar-refractivity contribution in [1.82, 2.24) is 0 Å². The molecule has 0 atom stereocenters. The first kappa shape index (κ1) is 53.5. The van der Waals surface area contributed by atoms with E-state index in [-0.39, 0.29) is 46.9 Å². The summed E-state index contributed by atoms with van der Waals surface area (Å²) in [6.45, 7) is 3.98. The number of halogens is 2. The Hall–Kier alpha value is -6.15. The van der Waals surface area contributed by atoms with Crippen molar-refractivity contribution in [2.75, 3.05) is 5.32 Å². The molecule has 0 saturated carbocycles. The van der Waals surface area contributed by atoms with Gasteiger partial charge >= 0.3 is 22.5 Å². The van der Waals surface area contributed by atoms with Crippen LogP contribution in [0.5, 0.6) is 0 Å². The van der Waals surface area contributed by atoms with E-state index in [9.17, 15) is 9.90 Å². The summed E-state index contributed by atoms with van der Waals surface area (Å²) in [6, 6.07) is 87.1. The van der Waals surface area contributed by atoms with Crippen molar-refractivity contribution >= 4 is 70.9 Å². The number of carboxylic acids is 1. The van der Waals surface area contributed by atoms with E-state index in [1.807, 2.05) is 68.4 Å². The minimum absolute atomic E-state index is 0. The van der Waals surface area contributed by atoms with E-state index in [1.165, 1.54) is 31.8 Å². The van der Waals surface area contributed by atoms with E-state index in [2.05, 4.69) is 187 Å². The average Bonchev–Trinajstić information content (AvgIpc) is 3.35. The molecule has 0 aromatic heterocycles. The molecule has 2 N–H and O–H groups in total. The number of rotatable bonds is 10. The van der Waals surface area contributed by atoms with Gasteiger partial charge in [-0.3, -0.25) is 0 Å². The second-order valence-corrected chi connectivity index (χ2v) is 19.2. The summed E-state index contributed by atoms with van der Waals surface area (Å²) >= 11 is 0. The van der Waals surface area contributed by atoms with Crippen molar-refractivity contribution in [2.45, 2.75) is 13.8 Å². The van der Waals surface area contributed by atoms with Crippen LogP contribution < -0.4 is 62.0 Å². The molecule has 0 spiro atoms. The van der Waals surface area contributed by atoms with E-state index >= 15 is 0 Å². The summed E-state index contributed by atoms with van der Waals surface area (Å²) in [5, 5.41) is 21.3. The molecule has 9 aromatic carbocycles. The predicted molar refractivity (Wildman–Crippen MR) is 276 cm³/mol. The van der Waals surface area contributed by atoms with Crippen LogP contribution in [0.4, 0.5) is 11.4 Å². The Bertz CT molecular complexity index is 2560. The summed E-state index contributed by atoms with van der Waals surface area (Å²) in [5.74, 6) is -0.476. The van der Waals surface area contributed by atoms with Gasteiger partial charge < -0.3 is 35.2 Å². The third-order valence-corrected chi connectivity index (χ3v) is 15.1. The van der Waals surface area contributed by atoms with Crippen LogP contribution in [0, 0.1) is 13.8 Å². The molecule has 9 heteroatoms. The van der Waals surface area contributed by atoms with Gasteiger partial charge in [-0.1, -0.05) is 237 Å². The van der Waals surface area contributed by atoms with Crippen molar-refractivity contribution in [3.05, 3.63) is 277 Å². The zero-order chi connectivity index (χ0) is 44.4. The molecule has 0 amide bonds. The number of carbonyl (C=O) groups is 1. The number of aliphatic imine (C=N–C) groups is 1. The maximum Gasteiger partial charge on any atom is 2.00 e. The molecular weight excluding hydrogens is 948 g/mol. The van der Waals surface area contributed by atoms with E-state index in [0.717, 1.165) is 22.5 Å². The number of carboxylic acid groups (broad SMARTS) is 1. The monoisotopic (exact) mass is 996 g/mol. The summed E-state index contributed by atoms with van der Waals surface area (Å²) in [7, 11) is -0.892. The van der Waals surface area contributed by atoms with Crippen LogP contribution in [-0.2, 0) is 16.5 Å². The third kappa shape index (κ3) is 15.2. The summed E-state index contributed by atoms with van der Waals surface area (Å²) < 4.78 is 0. The van der Waals surface area contributed by atoms with Crippen molar-refractivity contribution in [3.63, 3.8) is 0 Å². The molecule has 0 aliphatic carbocycles. The van der Waals surface area contributed by atoms with Crippen molar-refractivity contribution < 1.29 is 51.2 Å². The topological polar surface area (TPSA) is 61.7 Å². The van der Waals surface area contributed by atoms with Crippen LogP contribution in [0.3, 0.4) is 0 Å². The molecule has 0 heterocycles. The number of hydrogen-bond acceptors (Lipinski definition) is 2. The molecule has 0 fully saturated rings. The molecule has 0 saturated heterocycles. The fraction of sp³-hybridized carbons (Fsp3) is 0.0345. The first-order valence-corrected chi connectivity index (χ1v) is 23.8. The van der Waals surface area contributed by atoms with Crippen LogP contribution in [0.15, 0.2) is 260 Å². The van der Waals surface area contributed by atoms with Gasteiger partial charge in [0.25, 0.3) is 0 Å². The van der Waals surface area contributed by atoms with Crippen LogP contribution >= 0.6 is 15.8 Å². The Morgan fingerprint density at radius 2 is 0.672 bits per heavy atom. The number of aryl methyl sites for hydroxylation is 2. The average molecular weight is 999 g/mol. The first-order valence-electron chi connectivity index (χ1n) is 21.2. The Balaban J connectivity index is 0.000000218. The normalized spacial score (nSPS) is 10.4. The van der Waals surface area contributed by atoms with E-state index in [1.54, 1.807) is 18.2 Å². The summed E-state index contributed by atoms with van der Waals surface area (Å²) in [6.07, 6.45) is 0. The SMILES string of the molecule is Cc1ccccc1N=C(Nc1ccccc1C)c1ccccc1C(=O)O.[Cl-].[Cl-].[Ni+2].c1ccc(P(c2ccccc2)c2ccccc2)cc1.c1ccc(P(c2ccccc2)c2ccccc2)cc1. The van der Waals surface area contributed by atoms with Crippen molar-refractivity contribution in [3.8, 4) is 0 Å². The zero-order valence-electron chi connectivity index (χ0n) is 37.0. The minimum Gasteiger partial charge on any atom is -1.00 e. The standard InChI is InChI=1S/C22H20N2O2.2C18H15P.2ClH.Ni/c1-15-9-3-7-13-19(15)23-21(24-20-14-8-4-10-16(20)2)17-11-5-6-12-18(17)22(25)26;2*1-4-10-16(11-5-1)19(17-12-6-2-7-13-17)18-14-8-3-9-15-18;;;/h3-14H,1-2H3,(H,23,24)(H,25,26);2*1-15H;2*1H;/q;;;;;+2/p-2. The Morgan fingerprint density at radius 3 is 1.00 bits per heavy atom. The number of aromatic carboxylic acids is 1. The molecule has 338 valence electrons. The summed E-state index contributed by atoms with van der Waals surface area (Å²) in [5.41, 5.74) is 4.51. The van der Waals surface area contributed by atoms with Gasteiger partial charge in [0.1, 0.15) is 5.84 Å². The number of hydrogen-bond donors (Lipinski definition) is 2. The van der Waals surface area contributed by atoms with Gasteiger partial charge in [0.2, 0.25) is 0 Å². The first-order chi connectivity index (χ1) is 31.5. The van der Waals surface area contributed by atoms with Gasteiger partial charge in [-0.25, -0.2) is 9.79 Å². The molecular formula is C58H50Cl2N2NiO2P2. The maximum atomic E-state index is 11.7. The van der Waals surface area contributed by atoms with Crippen LogP contribution in [-0.4, -0.2) is 16.9 Å². The van der Waals surface area contributed by atoms with Crippen LogP contribution in [0.2, 0.25) is 0 Å². The van der Waals surface area contributed by atoms with Gasteiger partial charge in [-0.05, 0) is 90.8 Å². The van der Waals surface area contributed by atoms with Gasteiger partial charge in [-0.15, -0.1) is 0 Å². The van der Waals surface area contributed by atoms with E-state index < -0.39 is 21.8 Å². The number of anilines is 1. The molecule has 0 radical (unpaired) electrons. The second kappa shape index (κ2) is 28.1. The minimum atomic E-state index is -0.982. The molecule has 0 aliphatic rings. The Morgan fingerprint density at radius 1 is 0.388 bits per heavy atom. The van der Waals surface area contributed by atoms with Gasteiger partial charge in [0, 0.05) is 11.3 Å². The zero-order valence-corrected chi connectivity index (χ0v) is 41.3. The van der Waals surface area contributed by atoms with E-state index in [4.69, 9.17) is 4.99 Å². The molecule has 4 nitrogen and oxygen atoms in total. The van der Waals surface area contributed by atoms with Crippen molar-refractivity contribution in [1.29, 1.82) is 0 Å². The van der Waals surface area contributed by atoms with Gasteiger partial charge in [-0.2, -0.15) is 0 Å². The van der Waals surface area contributed by atoms with Crippen molar-refractivity contribution in [2.24, 2.45) is 4.99 Å². The molecule has 67 heavy (non-hydrogen) atoms. The number of amidine groups is 1. The van der Waals surface area contributed by atoms with Gasteiger partial charge in [0.15, 0.2) is 0 Å². The molecule has 9 rings (SSSR count).